The van der Waals surface area contributed by atoms with E-state index in [1.807, 2.05) is 0 Å². The first kappa shape index (κ1) is 21.5. The molecule has 0 spiro atoms. The van der Waals surface area contributed by atoms with Crippen LogP contribution in [0.4, 0.5) is 15.8 Å². The lowest BCUT2D eigenvalue weighted by Crippen LogP contribution is -2.15. The second-order valence-corrected chi connectivity index (χ2v) is 8.47. The predicted molar refractivity (Wildman–Crippen MR) is 113 cm³/mol. The molecule has 0 radical (unpaired) electrons. The van der Waals surface area contributed by atoms with Crippen molar-refractivity contribution < 1.29 is 22.7 Å². The maximum Gasteiger partial charge on any atom is 0.322 e. The number of aryl methyl sites for hydroxylation is 1. The molecule has 0 aliphatic heterocycles. The molecule has 7 nitrogen and oxygen atoms in total. The van der Waals surface area contributed by atoms with E-state index in [0.29, 0.717) is 16.8 Å². The minimum absolute atomic E-state index is 0.0531. The zero-order valence-electron chi connectivity index (χ0n) is 15.7. The molecule has 1 aromatic heterocycles. The number of nitrogens with one attached hydrogen (secondary N) is 2. The average Bonchev–Trinajstić information content (AvgIpc) is 2.69. The van der Waals surface area contributed by atoms with Gasteiger partial charge in [-0.1, -0.05) is 29.8 Å². The Balaban J connectivity index is 2.10. The molecule has 0 aliphatic rings. The second kappa shape index (κ2) is 8.68. The third-order valence-electron chi connectivity index (χ3n) is 4.11. The van der Waals surface area contributed by atoms with E-state index in [1.54, 1.807) is 19.1 Å². The number of carboxylic acid groups (broad SMARTS) is 1. The molecule has 0 aliphatic carbocycles. The van der Waals surface area contributed by atoms with Crippen molar-refractivity contribution >= 4 is 39.0 Å². The Labute approximate surface area is 177 Å². The number of carboxylic acids is 1. The number of aromatic nitrogens is 1. The standard InChI is InChI=1S/C20H17ClFN3O4S/c1-12-7-14(10-23-9-12)30(28,29)25-18-8-13(24-11-19(26)27)5-6-15(18)16-3-2-4-17(22)20(16)21/h2-10,24-25H,11H2,1H3,(H,26,27). The monoisotopic (exact) mass is 449 g/mol. The number of benzene rings is 2. The summed E-state index contributed by atoms with van der Waals surface area (Å²) in [5.41, 5.74) is 1.71. The van der Waals surface area contributed by atoms with Gasteiger partial charge >= 0.3 is 5.97 Å². The Bertz CT molecular complexity index is 1220. The van der Waals surface area contributed by atoms with Gasteiger partial charge in [-0.15, -0.1) is 0 Å². The van der Waals surface area contributed by atoms with E-state index in [1.165, 1.54) is 42.7 Å². The number of hydrogen-bond acceptors (Lipinski definition) is 5. The highest BCUT2D eigenvalue weighted by molar-refractivity contribution is 7.92. The highest BCUT2D eigenvalue weighted by atomic mass is 35.5. The number of halogens is 2. The molecule has 2 aromatic carbocycles. The SMILES string of the molecule is Cc1cncc(S(=O)(=O)Nc2cc(NCC(=O)O)ccc2-c2cccc(F)c2Cl)c1. The lowest BCUT2D eigenvalue weighted by Gasteiger charge is -2.16. The van der Waals surface area contributed by atoms with Crippen molar-refractivity contribution in [3.05, 3.63) is 71.3 Å². The molecule has 3 N–H and O–H groups in total. The van der Waals surface area contributed by atoms with Crippen molar-refractivity contribution in [2.75, 3.05) is 16.6 Å². The summed E-state index contributed by atoms with van der Waals surface area (Å²) in [5, 5.41) is 11.4. The van der Waals surface area contributed by atoms with E-state index in [-0.39, 0.29) is 27.7 Å². The molecule has 1 heterocycles. The highest BCUT2D eigenvalue weighted by Gasteiger charge is 2.19. The van der Waals surface area contributed by atoms with Crippen LogP contribution >= 0.6 is 11.6 Å². The van der Waals surface area contributed by atoms with Gasteiger partial charge in [0.1, 0.15) is 17.3 Å². The van der Waals surface area contributed by atoms with Crippen LogP contribution in [0.2, 0.25) is 5.02 Å². The van der Waals surface area contributed by atoms with Crippen molar-refractivity contribution in [1.82, 2.24) is 4.98 Å². The van der Waals surface area contributed by atoms with Crippen LogP contribution in [0.25, 0.3) is 11.1 Å². The van der Waals surface area contributed by atoms with Gasteiger partial charge in [0.05, 0.1) is 10.7 Å². The zero-order chi connectivity index (χ0) is 21.9. The van der Waals surface area contributed by atoms with Crippen molar-refractivity contribution in [2.45, 2.75) is 11.8 Å². The lowest BCUT2D eigenvalue weighted by molar-refractivity contribution is -0.134. The molecular weight excluding hydrogens is 433 g/mol. The molecular formula is C20H17ClFN3O4S. The first-order valence-corrected chi connectivity index (χ1v) is 10.5. The molecule has 3 aromatic rings. The molecule has 156 valence electrons. The van der Waals surface area contributed by atoms with Crippen LogP contribution in [0.15, 0.2) is 59.8 Å². The molecule has 0 fully saturated rings. The van der Waals surface area contributed by atoms with Crippen LogP contribution in [-0.2, 0) is 14.8 Å². The van der Waals surface area contributed by atoms with Gasteiger partial charge < -0.3 is 10.4 Å². The maximum absolute atomic E-state index is 14.0. The number of sulfonamides is 1. The Hall–Kier alpha value is -3.17. The minimum Gasteiger partial charge on any atom is -0.480 e. The average molecular weight is 450 g/mol. The molecule has 0 amide bonds. The van der Waals surface area contributed by atoms with Crippen LogP contribution in [0.1, 0.15) is 5.56 Å². The van der Waals surface area contributed by atoms with Gasteiger partial charge in [-0.05, 0) is 36.8 Å². The minimum atomic E-state index is -4.03. The summed E-state index contributed by atoms with van der Waals surface area (Å²) in [7, 11) is -4.03. The summed E-state index contributed by atoms with van der Waals surface area (Å²) < 4.78 is 42.2. The summed E-state index contributed by atoms with van der Waals surface area (Å²) >= 11 is 6.10. The number of anilines is 2. The van der Waals surface area contributed by atoms with Crippen LogP contribution in [0.3, 0.4) is 0 Å². The summed E-state index contributed by atoms with van der Waals surface area (Å²) in [6.45, 7) is 1.34. The summed E-state index contributed by atoms with van der Waals surface area (Å²) in [6, 6.07) is 10.1. The predicted octanol–water partition coefficient (Wildman–Crippen LogP) is 4.15. The molecule has 0 bridgehead atoms. The fourth-order valence-electron chi connectivity index (χ4n) is 2.74. The van der Waals surface area contributed by atoms with Gasteiger partial charge in [-0.25, -0.2) is 12.8 Å². The van der Waals surface area contributed by atoms with E-state index in [0.717, 1.165) is 0 Å². The third-order valence-corrected chi connectivity index (χ3v) is 5.83. The van der Waals surface area contributed by atoms with E-state index in [4.69, 9.17) is 16.7 Å². The highest BCUT2D eigenvalue weighted by Crippen LogP contribution is 2.37. The third kappa shape index (κ3) is 4.87. The molecule has 0 unspecified atom stereocenters. The summed E-state index contributed by atoms with van der Waals surface area (Å²) in [4.78, 5) is 14.7. The van der Waals surface area contributed by atoms with Gasteiger partial charge in [0.25, 0.3) is 10.0 Å². The van der Waals surface area contributed by atoms with Crippen LogP contribution in [-0.4, -0.2) is 31.0 Å². The fourth-order valence-corrected chi connectivity index (χ4v) is 4.09. The number of aliphatic carboxylic acids is 1. The molecule has 0 saturated heterocycles. The Kier molecular flexibility index (Phi) is 6.23. The van der Waals surface area contributed by atoms with Crippen LogP contribution < -0.4 is 10.0 Å². The Morgan fingerprint density at radius 3 is 2.63 bits per heavy atom. The van der Waals surface area contributed by atoms with Gasteiger partial charge in [0, 0.05) is 29.2 Å². The molecule has 30 heavy (non-hydrogen) atoms. The van der Waals surface area contributed by atoms with Crippen molar-refractivity contribution in [2.24, 2.45) is 0 Å². The lowest BCUT2D eigenvalue weighted by atomic mass is 10.0. The fraction of sp³-hybridized carbons (Fsp3) is 0.100. The quantitative estimate of drug-likeness (QED) is 0.500. The van der Waals surface area contributed by atoms with E-state index in [9.17, 15) is 17.6 Å². The van der Waals surface area contributed by atoms with Gasteiger partial charge in [0.2, 0.25) is 0 Å². The summed E-state index contributed by atoms with van der Waals surface area (Å²) in [5.74, 6) is -1.74. The molecule has 3 rings (SSSR count). The van der Waals surface area contributed by atoms with Crippen LogP contribution in [0, 0.1) is 12.7 Å². The first-order valence-electron chi connectivity index (χ1n) is 8.66. The number of nitrogens with zero attached hydrogens (tertiary/aromatic N) is 1. The topological polar surface area (TPSA) is 108 Å². The number of rotatable bonds is 7. The van der Waals surface area contributed by atoms with Gasteiger partial charge in [-0.2, -0.15) is 0 Å². The number of hydrogen-bond donors (Lipinski definition) is 3. The van der Waals surface area contributed by atoms with Gasteiger partial charge in [-0.3, -0.25) is 14.5 Å². The smallest absolute Gasteiger partial charge is 0.322 e. The number of pyridine rings is 1. The largest absolute Gasteiger partial charge is 0.480 e. The van der Waals surface area contributed by atoms with Crippen molar-refractivity contribution in [3.63, 3.8) is 0 Å². The molecule has 10 heteroatoms. The van der Waals surface area contributed by atoms with Crippen molar-refractivity contribution in [3.8, 4) is 11.1 Å². The van der Waals surface area contributed by atoms with Crippen molar-refractivity contribution in [1.29, 1.82) is 0 Å². The Morgan fingerprint density at radius 1 is 1.17 bits per heavy atom. The van der Waals surface area contributed by atoms with E-state index < -0.39 is 21.8 Å². The maximum atomic E-state index is 14.0. The second-order valence-electron chi connectivity index (χ2n) is 6.41. The van der Waals surface area contributed by atoms with E-state index in [2.05, 4.69) is 15.0 Å². The molecule has 0 atom stereocenters. The summed E-state index contributed by atoms with van der Waals surface area (Å²) in [6.07, 6.45) is 2.73. The zero-order valence-corrected chi connectivity index (χ0v) is 17.3. The van der Waals surface area contributed by atoms with E-state index >= 15 is 0 Å². The van der Waals surface area contributed by atoms with Gasteiger partial charge in [0.15, 0.2) is 0 Å². The normalized spacial score (nSPS) is 11.2. The number of carbonyl (C=O) groups is 1. The first-order chi connectivity index (χ1) is 14.2. The molecule has 0 saturated carbocycles. The Morgan fingerprint density at radius 2 is 1.93 bits per heavy atom. The van der Waals surface area contributed by atoms with Crippen LogP contribution in [0.5, 0.6) is 0 Å².